The number of methoxy groups -OCH3 is 1. The number of fused-ring (bicyclic) bond motifs is 1. The number of nitrogens with zero attached hydrogens (tertiary/aromatic N) is 1. The van der Waals surface area contributed by atoms with Crippen molar-refractivity contribution < 1.29 is 46.9 Å². The number of aliphatic carboxylic acids is 1. The van der Waals surface area contributed by atoms with Crippen molar-refractivity contribution in [2.24, 2.45) is 18.9 Å². The van der Waals surface area contributed by atoms with Gasteiger partial charge in [0, 0.05) is 43.8 Å². The molecule has 2 fully saturated rings. The maximum absolute atomic E-state index is 13.1. The van der Waals surface area contributed by atoms with Crippen LogP contribution >= 0.6 is 0 Å². The van der Waals surface area contributed by atoms with Crippen molar-refractivity contribution in [1.29, 1.82) is 0 Å². The van der Waals surface area contributed by atoms with Gasteiger partial charge in [0.15, 0.2) is 0 Å². The largest absolute Gasteiger partial charge is 0.490 e. The third kappa shape index (κ3) is 9.43. The number of carbonyl (C=O) groups is 3. The number of hydrogen-bond acceptors (Lipinski definition) is 7. The molecule has 1 amide bonds. The number of carbonyl (C=O) groups excluding carboxylic acids is 2. The van der Waals surface area contributed by atoms with Crippen LogP contribution in [0.15, 0.2) is 24.3 Å². The van der Waals surface area contributed by atoms with Gasteiger partial charge in [-0.1, -0.05) is 32.1 Å². The van der Waals surface area contributed by atoms with Crippen LogP contribution < -0.4 is 10.6 Å². The number of carboxylic acids is 1. The molecule has 0 spiro atoms. The number of esters is 1. The number of carboxylic acid groups (broad SMARTS) is 1. The molecular weight excluding hydrogens is 559 g/mol. The third-order valence-electron chi connectivity index (χ3n) is 7.67. The highest BCUT2D eigenvalue weighted by Gasteiger charge is 2.39. The van der Waals surface area contributed by atoms with E-state index in [0.717, 1.165) is 29.6 Å². The number of benzene rings is 1. The molecule has 4 rings (SSSR count). The Bertz CT molecular complexity index is 1200. The maximum atomic E-state index is 13.1. The molecule has 2 aliphatic rings. The summed E-state index contributed by atoms with van der Waals surface area (Å²) in [4.78, 5) is 34.7. The number of aryl methyl sites for hydroxylation is 1. The first-order valence-corrected chi connectivity index (χ1v) is 14.2. The van der Waals surface area contributed by atoms with E-state index in [0.29, 0.717) is 50.4 Å². The second-order valence-corrected chi connectivity index (χ2v) is 10.5. The van der Waals surface area contributed by atoms with Crippen molar-refractivity contribution in [2.75, 3.05) is 45.4 Å². The van der Waals surface area contributed by atoms with Crippen LogP contribution in [0.25, 0.3) is 10.9 Å². The SMILES string of the molecule is COCCOCCCOC(=O)c1cc2cc(NC(=O)[C@H]3NCC[C@H]3C3CCCCC3)ccc2n1C.O=C(O)C(F)(F)F. The Labute approximate surface area is 242 Å². The highest BCUT2D eigenvalue weighted by atomic mass is 19.4. The highest BCUT2D eigenvalue weighted by Crippen LogP contribution is 2.36. The summed E-state index contributed by atoms with van der Waals surface area (Å²) in [6.07, 6.45) is 3.00. The zero-order valence-corrected chi connectivity index (χ0v) is 24.0. The first kappa shape index (κ1) is 33.3. The number of anilines is 1. The van der Waals surface area contributed by atoms with E-state index in [1.807, 2.05) is 35.9 Å². The lowest BCUT2D eigenvalue weighted by atomic mass is 9.76. The number of halogens is 3. The lowest BCUT2D eigenvalue weighted by Gasteiger charge is -2.30. The summed E-state index contributed by atoms with van der Waals surface area (Å²) in [7, 11) is 3.48. The Kier molecular flexibility index (Phi) is 12.6. The van der Waals surface area contributed by atoms with E-state index in [2.05, 4.69) is 10.6 Å². The van der Waals surface area contributed by atoms with E-state index in [-0.39, 0.29) is 17.9 Å². The fourth-order valence-electron chi connectivity index (χ4n) is 5.57. The molecule has 2 atom stereocenters. The van der Waals surface area contributed by atoms with E-state index >= 15 is 0 Å². The van der Waals surface area contributed by atoms with E-state index in [1.165, 1.54) is 32.1 Å². The van der Waals surface area contributed by atoms with Crippen LogP contribution in [0.1, 0.15) is 55.4 Å². The van der Waals surface area contributed by atoms with Gasteiger partial charge in [0.25, 0.3) is 0 Å². The van der Waals surface area contributed by atoms with Gasteiger partial charge in [0.2, 0.25) is 5.91 Å². The topological polar surface area (TPSA) is 128 Å². The minimum atomic E-state index is -5.08. The second-order valence-electron chi connectivity index (χ2n) is 10.5. The molecular formula is C29H40F3N3O7. The number of hydrogen-bond donors (Lipinski definition) is 3. The predicted octanol–water partition coefficient (Wildman–Crippen LogP) is 4.52. The molecule has 1 aliphatic carbocycles. The van der Waals surface area contributed by atoms with Gasteiger partial charge < -0.3 is 34.5 Å². The van der Waals surface area contributed by atoms with Crippen LogP contribution in [0.3, 0.4) is 0 Å². The van der Waals surface area contributed by atoms with Crippen molar-refractivity contribution >= 4 is 34.4 Å². The Morgan fingerprint density at radius 3 is 2.43 bits per heavy atom. The number of nitrogens with one attached hydrogen (secondary N) is 2. The van der Waals surface area contributed by atoms with Gasteiger partial charge in [-0.15, -0.1) is 0 Å². The van der Waals surface area contributed by atoms with Crippen molar-refractivity contribution in [2.45, 2.75) is 57.2 Å². The summed E-state index contributed by atoms with van der Waals surface area (Å²) >= 11 is 0. The van der Waals surface area contributed by atoms with Gasteiger partial charge in [-0.2, -0.15) is 13.2 Å². The van der Waals surface area contributed by atoms with Crippen LogP contribution in [0.5, 0.6) is 0 Å². The van der Waals surface area contributed by atoms with E-state index < -0.39 is 12.1 Å². The molecule has 1 saturated carbocycles. The van der Waals surface area contributed by atoms with E-state index in [1.54, 1.807) is 7.11 Å². The summed E-state index contributed by atoms with van der Waals surface area (Å²) < 4.78 is 49.3. The zero-order chi connectivity index (χ0) is 30.7. The number of amides is 1. The van der Waals surface area contributed by atoms with Crippen LogP contribution in [-0.2, 0) is 30.8 Å². The van der Waals surface area contributed by atoms with Crippen molar-refractivity contribution in [3.05, 3.63) is 30.0 Å². The predicted molar refractivity (Wildman–Crippen MR) is 149 cm³/mol. The molecule has 1 aliphatic heterocycles. The minimum absolute atomic E-state index is 0.0423. The first-order valence-electron chi connectivity index (χ1n) is 14.2. The van der Waals surface area contributed by atoms with Gasteiger partial charge in [0.05, 0.1) is 25.9 Å². The molecule has 42 heavy (non-hydrogen) atoms. The molecule has 234 valence electrons. The van der Waals surface area contributed by atoms with E-state index in [9.17, 15) is 22.8 Å². The molecule has 0 radical (unpaired) electrons. The third-order valence-corrected chi connectivity index (χ3v) is 7.67. The fourth-order valence-corrected chi connectivity index (χ4v) is 5.57. The smallest absolute Gasteiger partial charge is 0.475 e. The highest BCUT2D eigenvalue weighted by molar-refractivity contribution is 6.00. The Balaban J connectivity index is 0.000000616. The number of rotatable bonds is 11. The summed E-state index contributed by atoms with van der Waals surface area (Å²) in [6.45, 7) is 2.81. The van der Waals surface area contributed by atoms with Crippen LogP contribution in [0, 0.1) is 11.8 Å². The van der Waals surface area contributed by atoms with Gasteiger partial charge in [-0.3, -0.25) is 4.79 Å². The summed E-state index contributed by atoms with van der Waals surface area (Å²) in [6, 6.07) is 7.45. The lowest BCUT2D eigenvalue weighted by molar-refractivity contribution is -0.192. The molecule has 1 aromatic carbocycles. The van der Waals surface area contributed by atoms with Gasteiger partial charge in [0.1, 0.15) is 5.69 Å². The normalized spacial score (nSPS) is 19.3. The second kappa shape index (κ2) is 15.9. The standard InChI is InChI=1S/C27H39N3O5.C2HF3O2/c1-30-23-10-9-21(29-26(31)25-22(11-12-28-25)19-7-4-3-5-8-19)17-20(23)18-24(30)27(32)35-14-6-13-34-16-15-33-2;3-2(4,5)1(6)7/h9-10,17-19,22,25,28H,3-8,11-16H2,1-2H3,(H,29,31);(H,6,7)/t22-,25-;/m0./s1. The quantitative estimate of drug-likeness (QED) is 0.254. The number of aromatic nitrogens is 1. The summed E-state index contributed by atoms with van der Waals surface area (Å²) in [5.41, 5.74) is 2.15. The van der Waals surface area contributed by atoms with E-state index in [4.69, 9.17) is 24.1 Å². The van der Waals surface area contributed by atoms with Gasteiger partial charge >= 0.3 is 18.1 Å². The average Bonchev–Trinajstić information content (AvgIpc) is 3.58. The lowest BCUT2D eigenvalue weighted by Crippen LogP contribution is -2.42. The maximum Gasteiger partial charge on any atom is 0.490 e. The van der Waals surface area contributed by atoms with Crippen LogP contribution in [0.4, 0.5) is 18.9 Å². The number of ether oxygens (including phenoxy) is 3. The van der Waals surface area contributed by atoms with Gasteiger partial charge in [-0.25, -0.2) is 9.59 Å². The van der Waals surface area contributed by atoms with Crippen LogP contribution in [0.2, 0.25) is 0 Å². The molecule has 2 aromatic rings. The average molecular weight is 600 g/mol. The molecule has 1 saturated heterocycles. The van der Waals surface area contributed by atoms with Crippen molar-refractivity contribution in [3.8, 4) is 0 Å². The van der Waals surface area contributed by atoms with Crippen LogP contribution in [-0.4, -0.2) is 79.8 Å². The zero-order valence-electron chi connectivity index (χ0n) is 24.0. The first-order chi connectivity index (χ1) is 20.0. The molecule has 10 nitrogen and oxygen atoms in total. The van der Waals surface area contributed by atoms with Crippen molar-refractivity contribution in [1.82, 2.24) is 9.88 Å². The molecule has 2 heterocycles. The fraction of sp³-hybridized carbons (Fsp3) is 0.621. The van der Waals surface area contributed by atoms with Crippen molar-refractivity contribution in [3.63, 3.8) is 0 Å². The molecule has 3 N–H and O–H groups in total. The Hall–Kier alpha value is -3.16. The van der Waals surface area contributed by atoms with Gasteiger partial charge in [-0.05, 0) is 49.1 Å². The minimum Gasteiger partial charge on any atom is -0.475 e. The molecule has 0 bridgehead atoms. The molecule has 0 unspecified atom stereocenters. The Morgan fingerprint density at radius 1 is 1.05 bits per heavy atom. The molecule has 1 aromatic heterocycles. The number of alkyl halides is 3. The summed E-state index contributed by atoms with van der Waals surface area (Å²) in [5, 5.41) is 14.6. The monoisotopic (exact) mass is 599 g/mol. The molecule has 13 heteroatoms. The Morgan fingerprint density at radius 2 is 1.76 bits per heavy atom. The summed E-state index contributed by atoms with van der Waals surface area (Å²) in [5.74, 6) is -2.01.